The summed E-state index contributed by atoms with van der Waals surface area (Å²) in [5.74, 6) is -0.954. The number of nitrogens with zero attached hydrogens (tertiary/aromatic N) is 1. The number of rotatable bonds is 1. The maximum Gasteiger partial charge on any atom is 0.408 e. The number of anilines is 2. The van der Waals surface area contributed by atoms with Crippen molar-refractivity contribution in [1.29, 1.82) is 0 Å². The van der Waals surface area contributed by atoms with Crippen molar-refractivity contribution in [3.63, 3.8) is 0 Å². The molecule has 0 spiro atoms. The molecule has 0 aliphatic carbocycles. The highest BCUT2D eigenvalue weighted by Gasteiger charge is 2.38. The van der Waals surface area contributed by atoms with Gasteiger partial charge >= 0.3 is 6.09 Å². The zero-order chi connectivity index (χ0) is 15.8. The summed E-state index contributed by atoms with van der Waals surface area (Å²) in [6, 6.07) is 3.08. The maximum absolute atomic E-state index is 13.2. The molecule has 7 heteroatoms. The van der Waals surface area contributed by atoms with Gasteiger partial charge in [0.2, 0.25) is 5.91 Å². The highest BCUT2D eigenvalue weighted by Crippen LogP contribution is 2.27. The van der Waals surface area contributed by atoms with Crippen molar-refractivity contribution in [1.82, 2.24) is 4.90 Å². The van der Waals surface area contributed by atoms with E-state index in [2.05, 4.69) is 10.6 Å². The molecular weight excluding hydrogens is 277 g/mol. The molecule has 1 aromatic rings. The number of carbonyl (C=O) groups is 2. The number of benzene rings is 1. The molecule has 1 aliphatic rings. The molecule has 0 saturated carbocycles. The summed E-state index contributed by atoms with van der Waals surface area (Å²) < 4.78 is 13.2. The number of hydrogen-bond donors (Lipinski definition) is 3. The van der Waals surface area contributed by atoms with Crippen LogP contribution in [0.1, 0.15) is 20.8 Å². The smallest absolute Gasteiger partial charge is 0.408 e. The number of carbonyl (C=O) groups excluding carboxylic acids is 1. The van der Waals surface area contributed by atoms with Gasteiger partial charge in [-0.15, -0.1) is 0 Å². The van der Waals surface area contributed by atoms with Gasteiger partial charge in [0.15, 0.2) is 0 Å². The Hall–Kier alpha value is -2.31. The molecule has 0 bridgehead atoms. The van der Waals surface area contributed by atoms with Crippen molar-refractivity contribution in [3.05, 3.63) is 24.0 Å². The van der Waals surface area contributed by atoms with Crippen LogP contribution in [0.25, 0.3) is 0 Å². The van der Waals surface area contributed by atoms with Gasteiger partial charge in [-0.2, -0.15) is 0 Å². The minimum absolute atomic E-state index is 0.119. The highest BCUT2D eigenvalue weighted by atomic mass is 19.1. The fourth-order valence-electron chi connectivity index (χ4n) is 2.39. The van der Waals surface area contributed by atoms with Gasteiger partial charge in [-0.25, -0.2) is 9.18 Å². The lowest BCUT2D eigenvalue weighted by molar-refractivity contribution is -0.121. The average Bonchev–Trinajstić information content (AvgIpc) is 2.47. The van der Waals surface area contributed by atoms with E-state index in [-0.39, 0.29) is 6.54 Å². The van der Waals surface area contributed by atoms with Crippen LogP contribution in [0.3, 0.4) is 0 Å². The summed E-state index contributed by atoms with van der Waals surface area (Å²) >= 11 is 0. The molecule has 1 atom stereocenters. The molecule has 0 saturated heterocycles. The van der Waals surface area contributed by atoms with Crippen LogP contribution >= 0.6 is 0 Å². The molecule has 2 rings (SSSR count). The second-order valence-corrected chi connectivity index (χ2v) is 5.90. The molecule has 1 aliphatic heterocycles. The SMILES string of the molecule is CC(C)(C)N(C(=O)O)[C@@H]1CNc2ccc(F)cc2NC1=O. The predicted molar refractivity (Wildman–Crippen MR) is 76.9 cm³/mol. The van der Waals surface area contributed by atoms with E-state index < -0.39 is 29.4 Å². The Morgan fingerprint density at radius 1 is 1.38 bits per heavy atom. The fourth-order valence-corrected chi connectivity index (χ4v) is 2.39. The third kappa shape index (κ3) is 3.07. The van der Waals surface area contributed by atoms with Gasteiger partial charge in [-0.05, 0) is 39.0 Å². The van der Waals surface area contributed by atoms with Gasteiger partial charge in [-0.3, -0.25) is 9.69 Å². The van der Waals surface area contributed by atoms with E-state index in [0.717, 1.165) is 4.90 Å². The van der Waals surface area contributed by atoms with Gasteiger partial charge < -0.3 is 15.7 Å². The molecule has 0 aromatic heterocycles. The van der Waals surface area contributed by atoms with Crippen LogP contribution in [0, 0.1) is 5.82 Å². The van der Waals surface area contributed by atoms with Crippen molar-refractivity contribution in [2.24, 2.45) is 0 Å². The summed E-state index contributed by atoms with van der Waals surface area (Å²) in [7, 11) is 0. The zero-order valence-corrected chi connectivity index (χ0v) is 12.1. The lowest BCUT2D eigenvalue weighted by atomic mass is 10.0. The Labute approximate surface area is 121 Å². The maximum atomic E-state index is 13.2. The number of hydrogen-bond acceptors (Lipinski definition) is 3. The second kappa shape index (κ2) is 5.23. The van der Waals surface area contributed by atoms with E-state index in [1.165, 1.54) is 18.2 Å². The summed E-state index contributed by atoms with van der Waals surface area (Å²) in [5.41, 5.74) is 0.130. The molecule has 0 fully saturated rings. The molecule has 0 unspecified atom stereocenters. The van der Waals surface area contributed by atoms with Crippen LogP contribution in [0.5, 0.6) is 0 Å². The lowest BCUT2D eigenvalue weighted by Gasteiger charge is -2.38. The third-order valence-electron chi connectivity index (χ3n) is 3.27. The predicted octanol–water partition coefficient (Wildman–Crippen LogP) is 2.34. The number of amides is 2. The minimum atomic E-state index is -1.18. The van der Waals surface area contributed by atoms with E-state index in [1.807, 2.05) is 0 Å². The Kier molecular flexibility index (Phi) is 3.76. The molecule has 1 aromatic carbocycles. The minimum Gasteiger partial charge on any atom is -0.465 e. The van der Waals surface area contributed by atoms with Gasteiger partial charge in [0.25, 0.3) is 0 Å². The Balaban J connectivity index is 2.33. The monoisotopic (exact) mass is 295 g/mol. The molecule has 0 radical (unpaired) electrons. The normalized spacial score (nSPS) is 18.1. The molecule has 114 valence electrons. The van der Waals surface area contributed by atoms with Crippen LogP contribution in [0.4, 0.5) is 20.6 Å². The second-order valence-electron chi connectivity index (χ2n) is 5.90. The van der Waals surface area contributed by atoms with Crippen molar-refractivity contribution in [3.8, 4) is 0 Å². The summed E-state index contributed by atoms with van der Waals surface area (Å²) in [4.78, 5) is 24.9. The largest absolute Gasteiger partial charge is 0.465 e. The molecule has 21 heavy (non-hydrogen) atoms. The number of carboxylic acid groups (broad SMARTS) is 1. The van der Waals surface area contributed by atoms with Crippen molar-refractivity contribution >= 4 is 23.4 Å². The standard InChI is InChI=1S/C14H18FN3O3/c1-14(2,3)18(13(20)21)11-7-16-9-5-4-8(15)6-10(9)17-12(11)19/h4-6,11,16H,7H2,1-3H3,(H,17,19)(H,20,21)/t11-/m1/s1. The van der Waals surface area contributed by atoms with Crippen LogP contribution in [-0.2, 0) is 4.79 Å². The van der Waals surface area contributed by atoms with E-state index in [1.54, 1.807) is 20.8 Å². The summed E-state index contributed by atoms with van der Waals surface area (Å²) in [5, 5.41) is 14.9. The molecule has 1 heterocycles. The van der Waals surface area contributed by atoms with E-state index >= 15 is 0 Å². The topological polar surface area (TPSA) is 81.7 Å². The van der Waals surface area contributed by atoms with Crippen molar-refractivity contribution in [2.75, 3.05) is 17.2 Å². The quantitative estimate of drug-likeness (QED) is 0.742. The average molecular weight is 295 g/mol. The Morgan fingerprint density at radius 3 is 2.62 bits per heavy atom. The van der Waals surface area contributed by atoms with Crippen LogP contribution in [0.15, 0.2) is 18.2 Å². The van der Waals surface area contributed by atoms with Gasteiger partial charge in [-0.1, -0.05) is 0 Å². The van der Waals surface area contributed by atoms with Crippen molar-refractivity contribution in [2.45, 2.75) is 32.4 Å². The molecular formula is C14H18FN3O3. The first-order valence-electron chi connectivity index (χ1n) is 6.56. The first-order chi connectivity index (χ1) is 9.70. The molecule has 3 N–H and O–H groups in total. The van der Waals surface area contributed by atoms with Crippen molar-refractivity contribution < 1.29 is 19.1 Å². The molecule has 6 nitrogen and oxygen atoms in total. The first-order valence-corrected chi connectivity index (χ1v) is 6.56. The van der Waals surface area contributed by atoms with Crippen LogP contribution < -0.4 is 10.6 Å². The Morgan fingerprint density at radius 2 is 2.05 bits per heavy atom. The van der Waals surface area contributed by atoms with Gasteiger partial charge in [0.05, 0.1) is 11.4 Å². The Bertz CT molecular complexity index is 583. The van der Waals surface area contributed by atoms with Gasteiger partial charge in [0.1, 0.15) is 11.9 Å². The fraction of sp³-hybridized carbons (Fsp3) is 0.429. The number of nitrogens with one attached hydrogen (secondary N) is 2. The third-order valence-corrected chi connectivity index (χ3v) is 3.27. The van der Waals surface area contributed by atoms with Crippen LogP contribution in [0.2, 0.25) is 0 Å². The van der Waals surface area contributed by atoms with E-state index in [0.29, 0.717) is 11.4 Å². The molecule has 2 amide bonds. The van der Waals surface area contributed by atoms with Gasteiger partial charge in [0, 0.05) is 12.1 Å². The number of fused-ring (bicyclic) bond motifs is 1. The summed E-state index contributed by atoms with van der Waals surface area (Å²) in [6.07, 6.45) is -1.18. The van der Waals surface area contributed by atoms with E-state index in [4.69, 9.17) is 0 Å². The van der Waals surface area contributed by atoms with E-state index in [9.17, 15) is 19.1 Å². The first kappa shape index (κ1) is 15.1. The zero-order valence-electron chi connectivity index (χ0n) is 12.1. The number of halogens is 1. The van der Waals surface area contributed by atoms with Crippen LogP contribution in [-0.4, -0.2) is 40.1 Å². The lowest BCUT2D eigenvalue weighted by Crippen LogP contribution is -2.57. The highest BCUT2D eigenvalue weighted by molar-refractivity contribution is 6.00. The summed E-state index contributed by atoms with van der Waals surface area (Å²) in [6.45, 7) is 5.26.